The molecule has 4 heteroatoms. The van der Waals surface area contributed by atoms with Crippen molar-refractivity contribution in [1.82, 2.24) is 15.1 Å². The zero-order chi connectivity index (χ0) is 14.2. The minimum Gasteiger partial charge on any atom is -0.338 e. The van der Waals surface area contributed by atoms with Gasteiger partial charge in [-0.25, -0.2) is 4.79 Å². The number of hydrogen-bond acceptors (Lipinski definition) is 2. The van der Waals surface area contributed by atoms with Crippen LogP contribution in [0.25, 0.3) is 0 Å². The molecule has 1 aliphatic heterocycles. The fraction of sp³-hybridized carbons (Fsp3) is 0.938. The first-order chi connectivity index (χ1) is 9.79. The molecule has 1 aliphatic carbocycles. The van der Waals surface area contributed by atoms with Crippen LogP contribution in [0.3, 0.4) is 0 Å². The van der Waals surface area contributed by atoms with Crippen LogP contribution in [-0.2, 0) is 0 Å². The number of piperazine rings is 1. The van der Waals surface area contributed by atoms with E-state index < -0.39 is 0 Å². The Morgan fingerprint density at radius 1 is 1.10 bits per heavy atom. The largest absolute Gasteiger partial charge is 0.338 e. The van der Waals surface area contributed by atoms with Gasteiger partial charge in [0.2, 0.25) is 0 Å². The Morgan fingerprint density at radius 2 is 1.80 bits per heavy atom. The van der Waals surface area contributed by atoms with Gasteiger partial charge in [0.1, 0.15) is 0 Å². The van der Waals surface area contributed by atoms with Crippen molar-refractivity contribution in [3.63, 3.8) is 0 Å². The van der Waals surface area contributed by atoms with E-state index in [1.54, 1.807) is 0 Å². The molecule has 0 bridgehead atoms. The zero-order valence-corrected chi connectivity index (χ0v) is 13.1. The molecule has 0 unspecified atom stereocenters. The van der Waals surface area contributed by atoms with E-state index in [2.05, 4.69) is 17.1 Å². The fourth-order valence-corrected chi connectivity index (χ4v) is 3.44. The molecule has 2 amide bonds. The summed E-state index contributed by atoms with van der Waals surface area (Å²) in [6, 6.07) is 0.143. The summed E-state index contributed by atoms with van der Waals surface area (Å²) in [5.74, 6) is 0.925. The lowest BCUT2D eigenvalue weighted by Crippen LogP contribution is -2.51. The summed E-state index contributed by atoms with van der Waals surface area (Å²) < 4.78 is 0. The van der Waals surface area contributed by atoms with Crippen LogP contribution < -0.4 is 5.32 Å². The van der Waals surface area contributed by atoms with Crippen molar-refractivity contribution in [2.24, 2.45) is 5.92 Å². The molecule has 4 nitrogen and oxygen atoms in total. The number of nitrogens with one attached hydrogen (secondary N) is 1. The summed E-state index contributed by atoms with van der Waals surface area (Å²) in [7, 11) is 0. The number of urea groups is 1. The van der Waals surface area contributed by atoms with Crippen molar-refractivity contribution >= 4 is 6.03 Å². The minimum atomic E-state index is 0.143. The second kappa shape index (κ2) is 8.50. The number of hydrogen-bond donors (Lipinski definition) is 1. The van der Waals surface area contributed by atoms with E-state index in [9.17, 15) is 4.79 Å². The predicted octanol–water partition coefficient (Wildman–Crippen LogP) is 2.69. The van der Waals surface area contributed by atoms with Gasteiger partial charge in [-0.05, 0) is 25.3 Å². The van der Waals surface area contributed by atoms with Crippen molar-refractivity contribution in [3.05, 3.63) is 0 Å². The van der Waals surface area contributed by atoms with Crippen LogP contribution >= 0.6 is 0 Å². The van der Waals surface area contributed by atoms with Crippen molar-refractivity contribution < 1.29 is 4.79 Å². The second-order valence-corrected chi connectivity index (χ2v) is 6.30. The average molecular weight is 281 g/mol. The van der Waals surface area contributed by atoms with E-state index in [0.717, 1.165) is 51.6 Å². The highest BCUT2D eigenvalue weighted by Gasteiger charge is 2.19. The lowest BCUT2D eigenvalue weighted by Gasteiger charge is -2.34. The third kappa shape index (κ3) is 4.97. The second-order valence-electron chi connectivity index (χ2n) is 6.30. The van der Waals surface area contributed by atoms with E-state index in [4.69, 9.17) is 0 Å². The molecule has 0 aromatic heterocycles. The molecule has 0 radical (unpaired) electrons. The van der Waals surface area contributed by atoms with Crippen molar-refractivity contribution in [1.29, 1.82) is 0 Å². The summed E-state index contributed by atoms with van der Waals surface area (Å²) in [6.45, 7) is 7.92. The van der Waals surface area contributed by atoms with Gasteiger partial charge in [-0.2, -0.15) is 0 Å². The molecule has 2 fully saturated rings. The van der Waals surface area contributed by atoms with Gasteiger partial charge < -0.3 is 15.1 Å². The summed E-state index contributed by atoms with van der Waals surface area (Å²) in [5.41, 5.74) is 0. The molecule has 2 rings (SSSR count). The Bertz CT molecular complexity index is 281. The molecule has 0 spiro atoms. The van der Waals surface area contributed by atoms with E-state index in [0.29, 0.717) is 0 Å². The Morgan fingerprint density at radius 3 is 2.45 bits per heavy atom. The highest BCUT2D eigenvalue weighted by atomic mass is 16.2. The Hall–Kier alpha value is -0.770. The van der Waals surface area contributed by atoms with Crippen LogP contribution in [0.15, 0.2) is 0 Å². The van der Waals surface area contributed by atoms with Crippen LogP contribution in [0.1, 0.15) is 51.9 Å². The zero-order valence-electron chi connectivity index (χ0n) is 13.1. The van der Waals surface area contributed by atoms with Gasteiger partial charge in [-0.1, -0.05) is 39.0 Å². The van der Waals surface area contributed by atoms with Crippen LogP contribution in [0.5, 0.6) is 0 Å². The molecule has 1 N–H and O–H groups in total. The van der Waals surface area contributed by atoms with Crippen molar-refractivity contribution in [3.8, 4) is 0 Å². The number of amides is 2. The monoisotopic (exact) mass is 281 g/mol. The summed E-state index contributed by atoms with van der Waals surface area (Å²) in [5, 5.41) is 3.09. The third-order valence-corrected chi connectivity index (χ3v) is 4.90. The van der Waals surface area contributed by atoms with Gasteiger partial charge in [0.25, 0.3) is 0 Å². The van der Waals surface area contributed by atoms with Crippen molar-refractivity contribution in [2.45, 2.75) is 51.9 Å². The molecule has 1 heterocycles. The molecular weight excluding hydrogens is 250 g/mol. The Labute approximate surface area is 123 Å². The van der Waals surface area contributed by atoms with Gasteiger partial charge in [-0.3, -0.25) is 0 Å². The van der Waals surface area contributed by atoms with E-state index >= 15 is 0 Å². The standard InChI is InChI=1S/C16H31N3O/c1-2-18-11-13-19(14-12-18)16(20)17-10-6-9-15-7-4-3-5-8-15/h15H,2-14H2,1H3,(H,17,20). The number of rotatable bonds is 5. The first-order valence-electron chi connectivity index (χ1n) is 8.54. The third-order valence-electron chi connectivity index (χ3n) is 4.90. The van der Waals surface area contributed by atoms with Gasteiger partial charge in [-0.15, -0.1) is 0 Å². The normalized spacial score (nSPS) is 21.9. The lowest BCUT2D eigenvalue weighted by atomic mass is 9.86. The van der Waals surface area contributed by atoms with Gasteiger partial charge in [0.05, 0.1) is 0 Å². The highest BCUT2D eigenvalue weighted by Crippen LogP contribution is 2.26. The Kier molecular flexibility index (Phi) is 6.64. The topological polar surface area (TPSA) is 35.6 Å². The number of likely N-dealkylation sites (N-methyl/N-ethyl adjacent to an activating group) is 1. The van der Waals surface area contributed by atoms with Crippen LogP contribution in [-0.4, -0.2) is 55.1 Å². The van der Waals surface area contributed by atoms with E-state index in [1.165, 1.54) is 38.5 Å². The number of carbonyl (C=O) groups is 1. The first-order valence-corrected chi connectivity index (χ1v) is 8.54. The SMILES string of the molecule is CCN1CCN(C(=O)NCCCC2CCCCC2)CC1. The van der Waals surface area contributed by atoms with E-state index in [1.807, 2.05) is 4.90 Å². The molecular formula is C16H31N3O. The minimum absolute atomic E-state index is 0.143. The maximum atomic E-state index is 12.0. The molecule has 0 atom stereocenters. The molecule has 1 saturated heterocycles. The smallest absolute Gasteiger partial charge is 0.317 e. The van der Waals surface area contributed by atoms with Crippen LogP contribution in [0.4, 0.5) is 4.79 Å². The Balaban J connectivity index is 1.53. The maximum absolute atomic E-state index is 12.0. The lowest BCUT2D eigenvalue weighted by molar-refractivity contribution is 0.143. The van der Waals surface area contributed by atoms with Crippen LogP contribution in [0.2, 0.25) is 0 Å². The average Bonchev–Trinajstić information content (AvgIpc) is 2.52. The molecule has 0 aromatic rings. The first kappa shape index (κ1) is 15.6. The molecule has 20 heavy (non-hydrogen) atoms. The van der Waals surface area contributed by atoms with E-state index in [-0.39, 0.29) is 6.03 Å². The highest BCUT2D eigenvalue weighted by molar-refractivity contribution is 5.74. The van der Waals surface area contributed by atoms with Gasteiger partial charge in [0, 0.05) is 32.7 Å². The molecule has 1 saturated carbocycles. The summed E-state index contributed by atoms with van der Waals surface area (Å²) >= 11 is 0. The quantitative estimate of drug-likeness (QED) is 0.787. The molecule has 0 aromatic carbocycles. The fourth-order valence-electron chi connectivity index (χ4n) is 3.44. The van der Waals surface area contributed by atoms with Gasteiger partial charge in [0.15, 0.2) is 0 Å². The summed E-state index contributed by atoms with van der Waals surface area (Å²) in [6.07, 6.45) is 9.52. The number of nitrogens with zero attached hydrogens (tertiary/aromatic N) is 2. The summed E-state index contributed by atoms with van der Waals surface area (Å²) in [4.78, 5) is 16.4. The van der Waals surface area contributed by atoms with Gasteiger partial charge >= 0.3 is 6.03 Å². The molecule has 116 valence electrons. The predicted molar refractivity (Wildman–Crippen MR) is 82.9 cm³/mol. The van der Waals surface area contributed by atoms with Crippen LogP contribution in [0, 0.1) is 5.92 Å². The van der Waals surface area contributed by atoms with Crippen molar-refractivity contribution in [2.75, 3.05) is 39.3 Å². The number of carbonyl (C=O) groups excluding carboxylic acids is 1. The molecule has 2 aliphatic rings. The maximum Gasteiger partial charge on any atom is 0.317 e.